The number of aliphatic hydroxyl groups excluding tert-OH is 1. The highest BCUT2D eigenvalue weighted by molar-refractivity contribution is 5.30. The van der Waals surface area contributed by atoms with E-state index in [4.69, 9.17) is 9.52 Å². The van der Waals surface area contributed by atoms with Crippen LogP contribution >= 0.6 is 0 Å². The predicted molar refractivity (Wildman–Crippen MR) is 65.7 cm³/mol. The lowest BCUT2D eigenvalue weighted by atomic mass is 9.82. The van der Waals surface area contributed by atoms with E-state index >= 15 is 0 Å². The van der Waals surface area contributed by atoms with Crippen molar-refractivity contribution in [2.45, 2.75) is 18.3 Å². The zero-order valence-corrected chi connectivity index (χ0v) is 10.5. The van der Waals surface area contributed by atoms with Gasteiger partial charge >= 0.3 is 0 Å². The topological polar surface area (TPSA) is 70.0 Å². The van der Waals surface area contributed by atoms with Crippen LogP contribution in [0.1, 0.15) is 29.5 Å². The van der Waals surface area contributed by atoms with E-state index in [1.54, 1.807) is 0 Å². The minimum Gasteiger partial charge on any atom is -0.451 e. The fourth-order valence-corrected chi connectivity index (χ4v) is 2.18. The molecule has 20 heavy (non-hydrogen) atoms. The lowest BCUT2D eigenvalue weighted by molar-refractivity contribution is 0.270. The molecule has 0 bridgehead atoms. The molecule has 6 heteroatoms. The first-order valence-corrected chi connectivity index (χ1v) is 6.01. The van der Waals surface area contributed by atoms with Crippen molar-refractivity contribution in [3.05, 3.63) is 53.7 Å². The van der Waals surface area contributed by atoms with Crippen LogP contribution in [0.3, 0.4) is 0 Å². The van der Waals surface area contributed by atoms with Gasteiger partial charge in [0, 0.05) is 12.5 Å². The Kier molecular flexibility index (Phi) is 4.43. The van der Waals surface area contributed by atoms with Crippen molar-refractivity contribution in [2.75, 3.05) is 6.61 Å². The van der Waals surface area contributed by atoms with Crippen molar-refractivity contribution >= 4 is 0 Å². The number of aromatic nitrogens is 1. The molecule has 0 saturated heterocycles. The van der Waals surface area contributed by atoms with Gasteiger partial charge in [-0.1, -0.05) is 0 Å². The quantitative estimate of drug-likeness (QED) is 0.912. The van der Waals surface area contributed by atoms with Crippen LogP contribution in [0.2, 0.25) is 0 Å². The second-order valence-corrected chi connectivity index (χ2v) is 4.30. The maximum Gasteiger partial charge on any atom is 0.180 e. The summed E-state index contributed by atoms with van der Waals surface area (Å²) < 4.78 is 32.0. The summed E-state index contributed by atoms with van der Waals surface area (Å²) in [6.45, 7) is -0.253. The number of aliphatic hydroxyl groups is 1. The zero-order valence-electron chi connectivity index (χ0n) is 10.5. The van der Waals surface area contributed by atoms with Gasteiger partial charge in [-0.25, -0.2) is 13.8 Å². The van der Waals surface area contributed by atoms with E-state index < -0.39 is 23.5 Å². The number of oxazole rings is 1. The second kappa shape index (κ2) is 6.26. The number of rotatable bonds is 5. The molecule has 0 amide bonds. The minimum absolute atomic E-state index is 0.0496. The van der Waals surface area contributed by atoms with E-state index in [9.17, 15) is 14.0 Å². The number of nitriles is 1. The molecular formula is C14H12F2N2O2. The van der Waals surface area contributed by atoms with Gasteiger partial charge in [-0.15, -0.1) is 0 Å². The summed E-state index contributed by atoms with van der Waals surface area (Å²) in [5.41, 5.74) is 0.378. The van der Waals surface area contributed by atoms with Crippen LogP contribution in [0.15, 0.2) is 35.3 Å². The largest absolute Gasteiger partial charge is 0.451 e. The van der Waals surface area contributed by atoms with E-state index in [0.29, 0.717) is 5.69 Å². The molecular weight excluding hydrogens is 266 g/mol. The average molecular weight is 278 g/mol. The van der Waals surface area contributed by atoms with Crippen molar-refractivity contribution in [1.82, 2.24) is 4.98 Å². The Hall–Kier alpha value is -2.26. The molecule has 0 aliphatic heterocycles. The highest BCUT2D eigenvalue weighted by Crippen LogP contribution is 2.36. The maximum absolute atomic E-state index is 13.9. The molecule has 4 nitrogen and oxygen atoms in total. The van der Waals surface area contributed by atoms with E-state index in [1.807, 2.05) is 6.07 Å². The predicted octanol–water partition coefficient (Wildman–Crippen LogP) is 2.73. The SMILES string of the molecule is N#C[C@@H](c1cocn1)[C@@H](CCO)c1cc(F)ccc1F. The molecule has 0 spiro atoms. The standard InChI is InChI=1S/C14H12F2N2O2/c15-9-1-2-13(16)11(5-9)10(3-4-19)12(6-17)14-7-20-8-18-14/h1-2,5,7-8,10,12,19H,3-4H2/t10-,12+/m0/s1. The Morgan fingerprint density at radius 1 is 1.40 bits per heavy atom. The van der Waals surface area contributed by atoms with Crippen LogP contribution in [0.4, 0.5) is 8.78 Å². The third-order valence-corrected chi connectivity index (χ3v) is 3.11. The first kappa shape index (κ1) is 14.2. The van der Waals surface area contributed by atoms with Gasteiger partial charge in [-0.05, 0) is 30.2 Å². The number of benzene rings is 1. The molecule has 2 rings (SSSR count). The van der Waals surface area contributed by atoms with E-state index in [2.05, 4.69) is 4.98 Å². The molecule has 0 radical (unpaired) electrons. The summed E-state index contributed by atoms with van der Waals surface area (Å²) in [7, 11) is 0. The molecule has 0 aliphatic carbocycles. The molecule has 1 heterocycles. The third kappa shape index (κ3) is 2.83. The first-order chi connectivity index (χ1) is 9.67. The van der Waals surface area contributed by atoms with Crippen molar-refractivity contribution in [3.8, 4) is 6.07 Å². The Morgan fingerprint density at radius 3 is 2.80 bits per heavy atom. The molecule has 104 valence electrons. The summed E-state index contributed by atoms with van der Waals surface area (Å²) in [6, 6.07) is 5.07. The van der Waals surface area contributed by atoms with Crippen LogP contribution in [-0.4, -0.2) is 16.7 Å². The average Bonchev–Trinajstić information content (AvgIpc) is 2.95. The molecule has 1 aromatic heterocycles. The lowest BCUT2D eigenvalue weighted by Gasteiger charge is -2.20. The highest BCUT2D eigenvalue weighted by atomic mass is 19.1. The van der Waals surface area contributed by atoms with Crippen LogP contribution in [-0.2, 0) is 0 Å². The van der Waals surface area contributed by atoms with Gasteiger partial charge in [0.25, 0.3) is 0 Å². The number of hydrogen-bond donors (Lipinski definition) is 1. The van der Waals surface area contributed by atoms with E-state index in [0.717, 1.165) is 24.6 Å². The van der Waals surface area contributed by atoms with Crippen LogP contribution in [0.5, 0.6) is 0 Å². The van der Waals surface area contributed by atoms with Gasteiger partial charge in [0.15, 0.2) is 6.39 Å². The number of nitrogens with zero attached hydrogens (tertiary/aromatic N) is 2. The van der Waals surface area contributed by atoms with Gasteiger partial charge in [0.05, 0.1) is 17.7 Å². The van der Waals surface area contributed by atoms with Gasteiger partial charge in [-0.3, -0.25) is 0 Å². The van der Waals surface area contributed by atoms with Crippen molar-refractivity contribution in [1.29, 1.82) is 5.26 Å². The van der Waals surface area contributed by atoms with Crippen molar-refractivity contribution in [3.63, 3.8) is 0 Å². The Balaban J connectivity index is 2.45. The molecule has 2 atom stereocenters. The molecule has 0 saturated carbocycles. The van der Waals surface area contributed by atoms with Gasteiger partial charge < -0.3 is 9.52 Å². The van der Waals surface area contributed by atoms with E-state index in [-0.39, 0.29) is 18.6 Å². The summed E-state index contributed by atoms with van der Waals surface area (Å²) in [6.07, 6.45) is 2.57. The lowest BCUT2D eigenvalue weighted by Crippen LogP contribution is -2.14. The summed E-state index contributed by atoms with van der Waals surface area (Å²) >= 11 is 0. The van der Waals surface area contributed by atoms with E-state index in [1.165, 1.54) is 6.26 Å². The van der Waals surface area contributed by atoms with Gasteiger partial charge in [0.2, 0.25) is 0 Å². The maximum atomic E-state index is 13.9. The van der Waals surface area contributed by atoms with Crippen LogP contribution < -0.4 is 0 Å². The minimum atomic E-state index is -0.822. The molecule has 0 fully saturated rings. The monoisotopic (exact) mass is 278 g/mol. The number of halogens is 2. The number of hydrogen-bond acceptors (Lipinski definition) is 4. The molecule has 1 aromatic carbocycles. The molecule has 1 N–H and O–H groups in total. The smallest absolute Gasteiger partial charge is 0.180 e. The third-order valence-electron chi connectivity index (χ3n) is 3.11. The normalized spacial score (nSPS) is 13.7. The summed E-state index contributed by atoms with van der Waals surface area (Å²) in [5.74, 6) is -2.74. The van der Waals surface area contributed by atoms with Crippen LogP contribution in [0.25, 0.3) is 0 Å². The Bertz CT molecular complexity index is 608. The second-order valence-electron chi connectivity index (χ2n) is 4.30. The summed E-state index contributed by atoms with van der Waals surface area (Å²) in [5, 5.41) is 18.4. The zero-order chi connectivity index (χ0) is 14.5. The molecule has 0 unspecified atom stereocenters. The molecule has 2 aromatic rings. The first-order valence-electron chi connectivity index (χ1n) is 6.01. The van der Waals surface area contributed by atoms with Crippen LogP contribution in [0, 0.1) is 23.0 Å². The highest BCUT2D eigenvalue weighted by Gasteiger charge is 2.29. The molecule has 0 aliphatic rings. The Labute approximate surface area is 114 Å². The van der Waals surface area contributed by atoms with Crippen molar-refractivity contribution in [2.24, 2.45) is 0 Å². The van der Waals surface area contributed by atoms with Gasteiger partial charge in [0.1, 0.15) is 17.9 Å². The van der Waals surface area contributed by atoms with Crippen molar-refractivity contribution < 1.29 is 18.3 Å². The fourth-order valence-electron chi connectivity index (χ4n) is 2.18. The Morgan fingerprint density at radius 2 is 2.20 bits per heavy atom. The summed E-state index contributed by atoms with van der Waals surface area (Å²) in [4.78, 5) is 3.88. The fraction of sp³-hybridized carbons (Fsp3) is 0.286. The van der Waals surface area contributed by atoms with Gasteiger partial charge in [-0.2, -0.15) is 5.26 Å².